The van der Waals surface area contributed by atoms with Crippen LogP contribution in [0.1, 0.15) is 25.7 Å². The average molecular weight is 217 g/mol. The van der Waals surface area contributed by atoms with Gasteiger partial charge in [-0.3, -0.25) is 4.79 Å². The molecule has 1 aliphatic carbocycles. The molecule has 0 aliphatic heterocycles. The van der Waals surface area contributed by atoms with Crippen LogP contribution in [-0.4, -0.2) is 10.9 Å². The van der Waals surface area contributed by atoms with Crippen molar-refractivity contribution in [3.05, 3.63) is 36.0 Å². The second kappa shape index (κ2) is 4.84. The molecule has 1 aromatic carbocycles. The van der Waals surface area contributed by atoms with Gasteiger partial charge < -0.3 is 10.4 Å². The van der Waals surface area contributed by atoms with Crippen LogP contribution in [0, 0.1) is 0 Å². The summed E-state index contributed by atoms with van der Waals surface area (Å²) in [4.78, 5) is 11.5. The van der Waals surface area contributed by atoms with Gasteiger partial charge in [-0.25, -0.2) is 0 Å². The third kappa shape index (κ3) is 2.42. The summed E-state index contributed by atoms with van der Waals surface area (Å²) in [5.41, 5.74) is 1.46. The van der Waals surface area contributed by atoms with Crippen molar-refractivity contribution in [2.75, 3.05) is 5.32 Å². The van der Waals surface area contributed by atoms with E-state index >= 15 is 0 Å². The number of para-hydroxylation sites is 2. The monoisotopic (exact) mass is 217 g/mol. The lowest BCUT2D eigenvalue weighted by atomic mass is 9.94. The second-order valence-electron chi connectivity index (χ2n) is 3.96. The first-order chi connectivity index (χ1) is 7.77. The van der Waals surface area contributed by atoms with Crippen LogP contribution in [0.2, 0.25) is 0 Å². The molecule has 1 aromatic rings. The number of hydrogen-bond acceptors (Lipinski definition) is 3. The Bertz CT molecular complexity index is 424. The van der Waals surface area contributed by atoms with E-state index in [1.54, 1.807) is 24.4 Å². The van der Waals surface area contributed by atoms with Gasteiger partial charge in [0, 0.05) is 18.2 Å². The van der Waals surface area contributed by atoms with E-state index in [0.717, 1.165) is 24.8 Å². The Hall–Kier alpha value is -1.77. The molecule has 0 aromatic heterocycles. The van der Waals surface area contributed by atoms with E-state index in [1.165, 1.54) is 0 Å². The smallest absolute Gasteiger partial charge is 0.160 e. The van der Waals surface area contributed by atoms with Crippen LogP contribution in [-0.2, 0) is 4.79 Å². The second-order valence-corrected chi connectivity index (χ2v) is 3.96. The number of allylic oxidation sites excluding steroid dienone is 1. The molecule has 2 rings (SSSR count). The Balaban J connectivity index is 2.08. The van der Waals surface area contributed by atoms with Gasteiger partial charge in [0.25, 0.3) is 0 Å². The molecule has 3 heteroatoms. The standard InChI is InChI=1S/C13H15NO2/c15-12-7-3-1-5-10(12)9-14-11-6-2-4-8-13(11)16/h2,4,6,8-9,14,16H,1,3,5,7H2/b10-9+. The number of Topliss-reactive ketones (excluding diaryl/α,β-unsaturated/α-hetero) is 1. The average Bonchev–Trinajstić information content (AvgIpc) is 2.30. The van der Waals surface area contributed by atoms with Gasteiger partial charge in [0.15, 0.2) is 5.78 Å². The molecule has 2 N–H and O–H groups in total. The Kier molecular flexibility index (Phi) is 3.25. The van der Waals surface area contributed by atoms with Crippen molar-refractivity contribution in [1.29, 1.82) is 0 Å². The van der Waals surface area contributed by atoms with E-state index < -0.39 is 0 Å². The Morgan fingerprint density at radius 2 is 1.94 bits per heavy atom. The zero-order valence-corrected chi connectivity index (χ0v) is 9.07. The van der Waals surface area contributed by atoms with Gasteiger partial charge in [-0.2, -0.15) is 0 Å². The minimum atomic E-state index is 0.197. The summed E-state index contributed by atoms with van der Waals surface area (Å²) >= 11 is 0. The zero-order chi connectivity index (χ0) is 11.4. The van der Waals surface area contributed by atoms with Crippen molar-refractivity contribution in [3.63, 3.8) is 0 Å². The summed E-state index contributed by atoms with van der Waals surface area (Å²) in [6.07, 6.45) is 5.26. The van der Waals surface area contributed by atoms with Crippen molar-refractivity contribution in [3.8, 4) is 5.75 Å². The summed E-state index contributed by atoms with van der Waals surface area (Å²) in [6, 6.07) is 6.99. The zero-order valence-electron chi connectivity index (χ0n) is 9.07. The lowest BCUT2D eigenvalue weighted by molar-refractivity contribution is -0.116. The summed E-state index contributed by atoms with van der Waals surface area (Å²) in [5, 5.41) is 12.5. The fraction of sp³-hybridized carbons (Fsp3) is 0.308. The number of phenolic OH excluding ortho intramolecular Hbond substituents is 1. The summed E-state index contributed by atoms with van der Waals surface area (Å²) in [5.74, 6) is 0.414. The van der Waals surface area contributed by atoms with Gasteiger partial charge in [-0.05, 0) is 31.4 Å². The van der Waals surface area contributed by atoms with Crippen LogP contribution >= 0.6 is 0 Å². The molecule has 0 radical (unpaired) electrons. The SMILES string of the molecule is O=C1CCCC/C1=C\Nc1ccccc1O. The van der Waals surface area contributed by atoms with Gasteiger partial charge in [-0.15, -0.1) is 0 Å². The topological polar surface area (TPSA) is 49.3 Å². The van der Waals surface area contributed by atoms with E-state index in [1.807, 2.05) is 6.07 Å². The lowest BCUT2D eigenvalue weighted by Gasteiger charge is -2.13. The van der Waals surface area contributed by atoms with Gasteiger partial charge in [-0.1, -0.05) is 12.1 Å². The Morgan fingerprint density at radius 1 is 1.19 bits per heavy atom. The number of hydrogen-bond donors (Lipinski definition) is 2. The highest BCUT2D eigenvalue weighted by Gasteiger charge is 2.14. The highest BCUT2D eigenvalue weighted by atomic mass is 16.3. The quantitative estimate of drug-likeness (QED) is 0.591. The highest BCUT2D eigenvalue weighted by Crippen LogP contribution is 2.24. The molecule has 1 fully saturated rings. The molecular weight excluding hydrogens is 202 g/mol. The maximum atomic E-state index is 11.5. The van der Waals surface area contributed by atoms with Gasteiger partial charge >= 0.3 is 0 Å². The van der Waals surface area contributed by atoms with E-state index in [4.69, 9.17) is 0 Å². The van der Waals surface area contributed by atoms with Crippen LogP contribution in [0.15, 0.2) is 36.0 Å². The largest absolute Gasteiger partial charge is 0.506 e. The first-order valence-corrected chi connectivity index (χ1v) is 5.54. The Labute approximate surface area is 94.8 Å². The van der Waals surface area contributed by atoms with Gasteiger partial charge in [0.05, 0.1) is 5.69 Å². The molecular formula is C13H15NO2. The van der Waals surface area contributed by atoms with Crippen LogP contribution in [0.4, 0.5) is 5.69 Å². The predicted octanol–water partition coefficient (Wildman–Crippen LogP) is 2.83. The lowest BCUT2D eigenvalue weighted by Crippen LogP contribution is -2.09. The number of ketones is 1. The van der Waals surface area contributed by atoms with Crippen LogP contribution in [0.5, 0.6) is 5.75 Å². The van der Waals surface area contributed by atoms with Crippen molar-refractivity contribution < 1.29 is 9.90 Å². The number of nitrogens with one attached hydrogen (secondary N) is 1. The van der Waals surface area contributed by atoms with Gasteiger partial charge in [0.1, 0.15) is 5.75 Å². The van der Waals surface area contributed by atoms with E-state index in [9.17, 15) is 9.90 Å². The summed E-state index contributed by atoms with van der Waals surface area (Å²) in [7, 11) is 0. The molecule has 0 spiro atoms. The minimum Gasteiger partial charge on any atom is -0.506 e. The number of anilines is 1. The molecule has 84 valence electrons. The van der Waals surface area contributed by atoms with Gasteiger partial charge in [0.2, 0.25) is 0 Å². The maximum absolute atomic E-state index is 11.5. The number of phenols is 1. The molecule has 0 unspecified atom stereocenters. The number of aromatic hydroxyl groups is 1. The van der Waals surface area contributed by atoms with Crippen molar-refractivity contribution in [2.45, 2.75) is 25.7 Å². The molecule has 0 atom stereocenters. The number of rotatable bonds is 2. The first-order valence-electron chi connectivity index (χ1n) is 5.54. The van der Waals surface area contributed by atoms with Crippen molar-refractivity contribution in [1.82, 2.24) is 0 Å². The molecule has 16 heavy (non-hydrogen) atoms. The van der Waals surface area contributed by atoms with Crippen LogP contribution in [0.25, 0.3) is 0 Å². The van der Waals surface area contributed by atoms with E-state index in [0.29, 0.717) is 12.1 Å². The van der Waals surface area contributed by atoms with E-state index in [-0.39, 0.29) is 11.5 Å². The molecule has 0 amide bonds. The number of carbonyl (C=O) groups is 1. The Morgan fingerprint density at radius 3 is 2.69 bits per heavy atom. The van der Waals surface area contributed by atoms with Crippen molar-refractivity contribution in [2.24, 2.45) is 0 Å². The van der Waals surface area contributed by atoms with Crippen molar-refractivity contribution >= 4 is 11.5 Å². The fourth-order valence-corrected chi connectivity index (χ4v) is 1.81. The van der Waals surface area contributed by atoms with Crippen LogP contribution < -0.4 is 5.32 Å². The summed E-state index contributed by atoms with van der Waals surface area (Å²) < 4.78 is 0. The summed E-state index contributed by atoms with van der Waals surface area (Å²) in [6.45, 7) is 0. The predicted molar refractivity (Wildman–Crippen MR) is 63.3 cm³/mol. The number of benzene rings is 1. The van der Waals surface area contributed by atoms with E-state index in [2.05, 4.69) is 5.32 Å². The fourth-order valence-electron chi connectivity index (χ4n) is 1.81. The third-order valence-electron chi connectivity index (χ3n) is 2.76. The molecule has 3 nitrogen and oxygen atoms in total. The molecule has 0 bridgehead atoms. The minimum absolute atomic E-state index is 0.197. The molecule has 0 heterocycles. The van der Waals surface area contributed by atoms with Crippen LogP contribution in [0.3, 0.4) is 0 Å². The molecule has 1 saturated carbocycles. The first kappa shape index (κ1) is 10.7. The highest BCUT2D eigenvalue weighted by molar-refractivity contribution is 5.96. The molecule has 1 aliphatic rings. The third-order valence-corrected chi connectivity index (χ3v) is 2.76. The number of carbonyl (C=O) groups excluding carboxylic acids is 1. The normalized spacial score (nSPS) is 18.8. The molecule has 0 saturated heterocycles. The maximum Gasteiger partial charge on any atom is 0.160 e.